The van der Waals surface area contributed by atoms with Crippen LogP contribution >= 0.6 is 0 Å². The fourth-order valence-corrected chi connectivity index (χ4v) is 4.92. The highest BCUT2D eigenvalue weighted by atomic mass is 19.1. The first-order valence-electron chi connectivity index (χ1n) is 8.32. The van der Waals surface area contributed by atoms with E-state index in [0.717, 1.165) is 30.8 Å². The smallest absolute Gasteiger partial charge is 0.125 e. The molecule has 0 amide bonds. The molecular weight excluding hydrogens is 296 g/mol. The molecule has 0 atom stereocenters. The number of halogens is 2. The van der Waals surface area contributed by atoms with Crippen molar-refractivity contribution in [3.8, 4) is 0 Å². The lowest BCUT2D eigenvalue weighted by atomic mass is 9.69. The van der Waals surface area contributed by atoms with Crippen molar-refractivity contribution in [2.45, 2.75) is 57.2 Å². The lowest BCUT2D eigenvalue weighted by Gasteiger charge is -2.57. The van der Waals surface area contributed by atoms with Crippen molar-refractivity contribution >= 4 is 11.4 Å². The van der Waals surface area contributed by atoms with Gasteiger partial charge in [0.2, 0.25) is 0 Å². The van der Waals surface area contributed by atoms with E-state index in [0.29, 0.717) is 6.54 Å². The highest BCUT2D eigenvalue weighted by molar-refractivity contribution is 5.74. The summed E-state index contributed by atoms with van der Waals surface area (Å²) in [5.74, 6) is -0.263. The zero-order valence-electron chi connectivity index (χ0n) is 14.5. The van der Waals surface area contributed by atoms with Gasteiger partial charge in [-0.2, -0.15) is 0 Å². The first kappa shape index (κ1) is 16.5. The molecule has 1 aromatic carbocycles. The average Bonchev–Trinajstić information content (AvgIpc) is 2.33. The van der Waals surface area contributed by atoms with Crippen LogP contribution in [0.4, 0.5) is 20.2 Å². The molecule has 1 aromatic rings. The molecule has 1 spiro atoms. The minimum Gasteiger partial charge on any atom is -0.376 e. The van der Waals surface area contributed by atoms with Gasteiger partial charge in [-0.25, -0.2) is 8.78 Å². The van der Waals surface area contributed by atoms with Gasteiger partial charge in [0.05, 0.1) is 16.9 Å². The summed E-state index contributed by atoms with van der Waals surface area (Å²) in [5, 5.41) is 7.29. The Labute approximate surface area is 137 Å². The minimum absolute atomic E-state index is 0.0407. The fourth-order valence-electron chi connectivity index (χ4n) is 4.92. The molecule has 3 nitrogen and oxygen atoms in total. The van der Waals surface area contributed by atoms with Crippen LogP contribution in [0, 0.1) is 5.82 Å². The van der Waals surface area contributed by atoms with Gasteiger partial charge in [-0.3, -0.25) is 0 Å². The number of nitrogens with zero attached hydrogens (tertiary/aromatic N) is 1. The molecule has 0 saturated carbocycles. The van der Waals surface area contributed by atoms with E-state index in [1.165, 1.54) is 12.1 Å². The highest BCUT2D eigenvalue weighted by Gasteiger charge is 2.49. The molecule has 2 aliphatic rings. The summed E-state index contributed by atoms with van der Waals surface area (Å²) in [6.45, 7) is 9.45. The van der Waals surface area contributed by atoms with Gasteiger partial charge in [0.1, 0.15) is 12.5 Å². The molecule has 3 rings (SSSR count). The van der Waals surface area contributed by atoms with Crippen molar-refractivity contribution in [1.82, 2.24) is 5.32 Å². The number of nitrogens with one attached hydrogen (secondary N) is 2. The summed E-state index contributed by atoms with van der Waals surface area (Å²) in [7, 11) is 0. The molecule has 1 fully saturated rings. The van der Waals surface area contributed by atoms with E-state index < -0.39 is 6.67 Å². The van der Waals surface area contributed by atoms with Crippen LogP contribution < -0.4 is 15.5 Å². The SMILES string of the molecule is CC1(C)CC2(CN(CCF)c3ccc(F)cc3N2)CC(C)(C)N1. The summed E-state index contributed by atoms with van der Waals surface area (Å²) >= 11 is 0. The minimum atomic E-state index is -0.405. The molecule has 0 radical (unpaired) electrons. The third kappa shape index (κ3) is 3.30. The van der Waals surface area contributed by atoms with Crippen LogP contribution in [-0.4, -0.2) is 36.4 Å². The number of hydrogen-bond donors (Lipinski definition) is 2. The molecule has 2 heterocycles. The summed E-state index contributed by atoms with van der Waals surface area (Å²) in [4.78, 5) is 2.06. The van der Waals surface area contributed by atoms with E-state index in [-0.39, 0.29) is 22.4 Å². The first-order chi connectivity index (χ1) is 10.6. The van der Waals surface area contributed by atoms with Crippen molar-refractivity contribution in [3.05, 3.63) is 24.0 Å². The summed E-state index contributed by atoms with van der Waals surface area (Å²) < 4.78 is 26.8. The van der Waals surface area contributed by atoms with Gasteiger partial charge in [-0.15, -0.1) is 0 Å². The van der Waals surface area contributed by atoms with Crippen molar-refractivity contribution in [1.29, 1.82) is 0 Å². The zero-order valence-corrected chi connectivity index (χ0v) is 14.5. The van der Waals surface area contributed by atoms with Gasteiger partial charge in [-0.1, -0.05) is 0 Å². The number of anilines is 2. The molecule has 1 saturated heterocycles. The summed E-state index contributed by atoms with van der Waals surface area (Å²) in [6, 6.07) is 4.72. The maximum absolute atomic E-state index is 13.7. The second-order valence-corrected chi connectivity index (χ2v) is 8.42. The molecule has 0 aromatic heterocycles. The molecule has 2 N–H and O–H groups in total. The van der Waals surface area contributed by atoms with E-state index in [2.05, 4.69) is 43.2 Å². The Morgan fingerprint density at radius 2 is 1.78 bits per heavy atom. The largest absolute Gasteiger partial charge is 0.376 e. The predicted octanol–water partition coefficient (Wildman–Crippen LogP) is 3.71. The standard InChI is InChI=1S/C18H27F2N3/c1-16(2)10-18(11-17(3,4)22-16)12-23(8-7-19)15-6-5-13(20)9-14(15)21-18/h5-6,9,21-22H,7-8,10-12H2,1-4H3. The third-order valence-electron chi connectivity index (χ3n) is 4.78. The van der Waals surface area contributed by atoms with Gasteiger partial charge < -0.3 is 15.5 Å². The van der Waals surface area contributed by atoms with Crippen LogP contribution in [0.3, 0.4) is 0 Å². The Morgan fingerprint density at radius 1 is 1.13 bits per heavy atom. The molecule has 2 aliphatic heterocycles. The lowest BCUT2D eigenvalue weighted by molar-refractivity contribution is 0.118. The summed E-state index contributed by atoms with van der Waals surface area (Å²) in [5.41, 5.74) is 1.40. The van der Waals surface area contributed by atoms with Crippen molar-refractivity contribution in [2.75, 3.05) is 30.0 Å². The molecule has 0 aliphatic carbocycles. The zero-order chi connectivity index (χ0) is 16.9. The van der Waals surface area contributed by atoms with E-state index in [1.807, 2.05) is 0 Å². The normalized spacial score (nSPS) is 24.2. The van der Waals surface area contributed by atoms with Gasteiger partial charge >= 0.3 is 0 Å². The van der Waals surface area contributed by atoms with Gasteiger partial charge in [0.15, 0.2) is 0 Å². The highest BCUT2D eigenvalue weighted by Crippen LogP contribution is 2.44. The van der Waals surface area contributed by atoms with Crippen LogP contribution in [-0.2, 0) is 0 Å². The van der Waals surface area contributed by atoms with Gasteiger partial charge in [0, 0.05) is 24.2 Å². The van der Waals surface area contributed by atoms with E-state index in [1.54, 1.807) is 6.07 Å². The Bertz CT molecular complexity index is 582. The number of hydrogen-bond acceptors (Lipinski definition) is 3. The van der Waals surface area contributed by atoms with Crippen LogP contribution in [0.2, 0.25) is 0 Å². The number of fused-ring (bicyclic) bond motifs is 1. The van der Waals surface area contributed by atoms with Crippen LogP contribution in [0.15, 0.2) is 18.2 Å². The molecule has 23 heavy (non-hydrogen) atoms. The first-order valence-corrected chi connectivity index (χ1v) is 8.32. The Kier molecular flexibility index (Phi) is 3.82. The third-order valence-corrected chi connectivity index (χ3v) is 4.78. The fraction of sp³-hybridized carbons (Fsp3) is 0.667. The quantitative estimate of drug-likeness (QED) is 0.869. The van der Waals surface area contributed by atoms with Crippen molar-refractivity contribution < 1.29 is 8.78 Å². The molecule has 0 bridgehead atoms. The van der Waals surface area contributed by atoms with Gasteiger partial charge in [-0.05, 0) is 58.7 Å². The number of rotatable bonds is 2. The molecule has 128 valence electrons. The number of benzene rings is 1. The van der Waals surface area contributed by atoms with Crippen LogP contribution in [0.5, 0.6) is 0 Å². The van der Waals surface area contributed by atoms with E-state index >= 15 is 0 Å². The lowest BCUT2D eigenvalue weighted by Crippen LogP contribution is -2.69. The van der Waals surface area contributed by atoms with Crippen molar-refractivity contribution in [3.63, 3.8) is 0 Å². The van der Waals surface area contributed by atoms with E-state index in [9.17, 15) is 8.78 Å². The number of alkyl halides is 1. The second kappa shape index (κ2) is 5.33. The predicted molar refractivity (Wildman–Crippen MR) is 91.5 cm³/mol. The van der Waals surface area contributed by atoms with Crippen LogP contribution in [0.1, 0.15) is 40.5 Å². The molecular formula is C18H27F2N3. The maximum Gasteiger partial charge on any atom is 0.125 e. The number of piperidine rings is 1. The van der Waals surface area contributed by atoms with E-state index in [4.69, 9.17) is 0 Å². The Morgan fingerprint density at radius 3 is 2.39 bits per heavy atom. The average molecular weight is 323 g/mol. The molecule has 0 unspecified atom stereocenters. The second-order valence-electron chi connectivity index (χ2n) is 8.42. The van der Waals surface area contributed by atoms with Gasteiger partial charge in [0.25, 0.3) is 0 Å². The molecule has 5 heteroatoms. The van der Waals surface area contributed by atoms with Crippen molar-refractivity contribution in [2.24, 2.45) is 0 Å². The monoisotopic (exact) mass is 323 g/mol. The Balaban J connectivity index is 2.01. The maximum atomic E-state index is 13.7. The summed E-state index contributed by atoms with van der Waals surface area (Å²) in [6.07, 6.45) is 1.81. The topological polar surface area (TPSA) is 27.3 Å². The Hall–Kier alpha value is -1.36. The van der Waals surface area contributed by atoms with Crippen LogP contribution in [0.25, 0.3) is 0 Å².